The van der Waals surface area contributed by atoms with E-state index in [9.17, 15) is 0 Å². The van der Waals surface area contributed by atoms with Gasteiger partial charge in [-0.1, -0.05) is 12.1 Å². The number of benzene rings is 2. The minimum Gasteiger partial charge on any atom is -0.349 e. The number of nitrogens with one attached hydrogen (secondary N) is 2. The molecular weight excluding hydrogens is 625 g/mol. The number of guanidine groups is 2. The molecule has 12 nitrogen and oxygen atoms in total. The van der Waals surface area contributed by atoms with E-state index >= 15 is 0 Å². The highest BCUT2D eigenvalue weighted by atomic mass is 15.3. The van der Waals surface area contributed by atoms with Gasteiger partial charge in [0.05, 0.1) is 33.4 Å². The van der Waals surface area contributed by atoms with Crippen molar-refractivity contribution in [2.24, 2.45) is 9.98 Å². The summed E-state index contributed by atoms with van der Waals surface area (Å²) in [5, 5.41) is 12.5. The summed E-state index contributed by atoms with van der Waals surface area (Å²) in [7, 11) is 16.1. The maximum Gasteiger partial charge on any atom is 0.200 e. The van der Waals surface area contributed by atoms with Gasteiger partial charge in [-0.2, -0.15) is 0 Å². The summed E-state index contributed by atoms with van der Waals surface area (Å²) in [5.41, 5.74) is 4.98. The molecule has 0 unspecified atom stereocenters. The molecule has 0 aliphatic carbocycles. The third-order valence-electron chi connectivity index (χ3n) is 9.03. The second-order valence-electron chi connectivity index (χ2n) is 13.4. The largest absolute Gasteiger partial charge is 0.349 e. The monoisotopic (exact) mass is 664 g/mol. The molecule has 8 rings (SSSR count). The van der Waals surface area contributed by atoms with Crippen LogP contribution in [0.25, 0.3) is 66.8 Å². The Hall–Kier alpha value is -6.30. The lowest BCUT2D eigenvalue weighted by atomic mass is 9.99. The second-order valence-corrected chi connectivity index (χ2v) is 13.4. The number of pyridine rings is 2. The molecule has 0 saturated heterocycles. The summed E-state index contributed by atoms with van der Waals surface area (Å²) in [6.07, 6.45) is 11.9. The van der Waals surface area contributed by atoms with E-state index in [4.69, 9.17) is 20.0 Å². The van der Waals surface area contributed by atoms with Crippen molar-refractivity contribution >= 4 is 102 Å². The number of aromatic nitrogens is 4. The van der Waals surface area contributed by atoms with Gasteiger partial charge in [-0.25, -0.2) is 20.0 Å². The molecule has 0 fully saturated rings. The van der Waals surface area contributed by atoms with E-state index in [0.717, 1.165) is 89.3 Å². The molecule has 6 aromatic rings. The number of rotatable bonds is 2. The first-order valence-corrected chi connectivity index (χ1v) is 16.5. The van der Waals surface area contributed by atoms with E-state index in [1.54, 1.807) is 0 Å². The van der Waals surface area contributed by atoms with Crippen LogP contribution in [-0.2, 0) is 0 Å². The normalized spacial score (nSPS) is 12.6. The number of nitrogens with zero attached hydrogens (tertiary/aromatic N) is 10. The molecule has 0 atom stereocenters. The Labute approximate surface area is 290 Å². The topological polar surface area (TPSA) is 97.4 Å². The predicted molar refractivity (Wildman–Crippen MR) is 210 cm³/mol. The predicted octanol–water partition coefficient (Wildman–Crippen LogP) is 6.90. The Morgan fingerprint density at radius 1 is 0.560 bits per heavy atom. The summed E-state index contributed by atoms with van der Waals surface area (Å²) in [4.78, 5) is 29.6. The average molecular weight is 665 g/mol. The molecule has 2 N–H and O–H groups in total. The molecule has 2 aromatic carbocycles. The molecule has 2 aliphatic heterocycles. The first-order chi connectivity index (χ1) is 24.1. The van der Waals surface area contributed by atoms with Crippen molar-refractivity contribution in [3.8, 4) is 0 Å². The maximum atomic E-state index is 5.43. The van der Waals surface area contributed by atoms with Crippen molar-refractivity contribution in [3.05, 3.63) is 73.3 Å². The van der Waals surface area contributed by atoms with Crippen LogP contribution in [0.15, 0.2) is 83.3 Å². The molecule has 4 aromatic heterocycles. The minimum absolute atomic E-state index is 0.819. The van der Waals surface area contributed by atoms with Gasteiger partial charge in [0.25, 0.3) is 0 Å². The van der Waals surface area contributed by atoms with Crippen molar-refractivity contribution in [2.45, 2.75) is 0 Å². The number of hydrogen-bond donors (Lipinski definition) is 2. The molecule has 50 heavy (non-hydrogen) atoms. The number of fused-ring (bicyclic) bond motifs is 9. The Morgan fingerprint density at radius 3 is 1.38 bits per heavy atom. The third kappa shape index (κ3) is 4.99. The number of hydrogen-bond acceptors (Lipinski definition) is 6. The van der Waals surface area contributed by atoms with Crippen LogP contribution >= 0.6 is 0 Å². The summed E-state index contributed by atoms with van der Waals surface area (Å²) < 4.78 is 4.10. The molecule has 0 radical (unpaired) electrons. The minimum atomic E-state index is 0.819. The lowest BCUT2D eigenvalue weighted by Crippen LogP contribution is -2.35. The van der Waals surface area contributed by atoms with Crippen molar-refractivity contribution in [1.29, 1.82) is 0 Å². The Kier molecular flexibility index (Phi) is 7.25. The van der Waals surface area contributed by atoms with Gasteiger partial charge in [-0.15, -0.1) is 0 Å². The highest BCUT2D eigenvalue weighted by Gasteiger charge is 2.20. The van der Waals surface area contributed by atoms with Gasteiger partial charge in [0.2, 0.25) is 11.9 Å². The fourth-order valence-corrected chi connectivity index (χ4v) is 6.86. The molecule has 0 bridgehead atoms. The molecule has 0 saturated carbocycles. The average Bonchev–Trinajstić information content (AvgIpc) is 3.63. The zero-order valence-corrected chi connectivity index (χ0v) is 29.6. The SMILES string of the molecule is CN(C)C(=Nc1c2ccn3c(cc2nc2c1ccc1ccc4c(N=C(N(C)C)N(C)C)c5ccn6c(cc5nc4c12)NC=C6)NC=C3)N(C)C. The van der Waals surface area contributed by atoms with E-state index in [1.807, 2.05) is 113 Å². The van der Waals surface area contributed by atoms with Gasteiger partial charge in [0.1, 0.15) is 11.6 Å². The zero-order chi connectivity index (χ0) is 34.8. The quantitative estimate of drug-likeness (QED) is 0.117. The molecule has 0 amide bonds. The van der Waals surface area contributed by atoms with E-state index < -0.39 is 0 Å². The van der Waals surface area contributed by atoms with E-state index in [2.05, 4.69) is 68.3 Å². The zero-order valence-electron chi connectivity index (χ0n) is 29.6. The summed E-state index contributed by atoms with van der Waals surface area (Å²) in [6, 6.07) is 16.9. The lowest BCUT2D eigenvalue weighted by Gasteiger charge is -2.23. The third-order valence-corrected chi connectivity index (χ3v) is 9.03. The van der Waals surface area contributed by atoms with Crippen LogP contribution in [0.3, 0.4) is 0 Å². The van der Waals surface area contributed by atoms with Gasteiger partial charge in [-0.3, -0.25) is 0 Å². The number of anilines is 2. The molecule has 252 valence electrons. The smallest absolute Gasteiger partial charge is 0.200 e. The summed E-state index contributed by atoms with van der Waals surface area (Å²) in [6.45, 7) is 0. The van der Waals surface area contributed by atoms with E-state index in [1.165, 1.54) is 0 Å². The first-order valence-electron chi connectivity index (χ1n) is 16.5. The molecule has 0 spiro atoms. The summed E-state index contributed by atoms with van der Waals surface area (Å²) >= 11 is 0. The van der Waals surface area contributed by atoms with Crippen molar-refractivity contribution in [3.63, 3.8) is 0 Å². The van der Waals surface area contributed by atoms with Gasteiger partial charge in [0.15, 0.2) is 0 Å². The van der Waals surface area contributed by atoms with Crippen LogP contribution in [0.4, 0.5) is 23.0 Å². The lowest BCUT2D eigenvalue weighted by molar-refractivity contribution is 0.484. The first kappa shape index (κ1) is 31.0. The van der Waals surface area contributed by atoms with Crippen LogP contribution in [0.5, 0.6) is 0 Å². The van der Waals surface area contributed by atoms with Gasteiger partial charge < -0.3 is 39.4 Å². The van der Waals surface area contributed by atoms with Crippen LogP contribution < -0.4 is 10.6 Å². The second kappa shape index (κ2) is 11.7. The maximum absolute atomic E-state index is 5.43. The fourth-order valence-electron chi connectivity index (χ4n) is 6.86. The molecule has 6 heterocycles. The van der Waals surface area contributed by atoms with Gasteiger partial charge in [0, 0.05) is 133 Å². The van der Waals surface area contributed by atoms with Crippen LogP contribution in [0.1, 0.15) is 0 Å². The van der Waals surface area contributed by atoms with Crippen LogP contribution in [-0.4, -0.2) is 107 Å². The molecule has 12 heteroatoms. The van der Waals surface area contributed by atoms with E-state index in [-0.39, 0.29) is 0 Å². The van der Waals surface area contributed by atoms with Crippen molar-refractivity contribution in [2.75, 3.05) is 67.0 Å². The Bertz CT molecular complexity index is 2370. The van der Waals surface area contributed by atoms with Gasteiger partial charge >= 0.3 is 0 Å². The van der Waals surface area contributed by atoms with Crippen molar-refractivity contribution < 1.29 is 0 Å². The standard InChI is InChI=1S/C38H40N12/c1-45(2)37(46(3)4)43-33-24-13-17-49-19-15-39-30(49)21-28(24)41-35-26(33)11-9-23-10-12-27-34(44-38(47(5)6)48(7)8)25-14-18-50-20-16-40-31(50)22-29(25)42-36(27)32(23)35/h9-22,39-40H,1-8H3. The highest BCUT2D eigenvalue weighted by Crippen LogP contribution is 2.42. The Morgan fingerprint density at radius 2 is 0.980 bits per heavy atom. The van der Waals surface area contributed by atoms with Gasteiger partial charge in [-0.05, 0) is 29.7 Å². The van der Waals surface area contributed by atoms with Crippen molar-refractivity contribution in [1.82, 2.24) is 38.7 Å². The van der Waals surface area contributed by atoms with Crippen LogP contribution in [0, 0.1) is 0 Å². The van der Waals surface area contributed by atoms with E-state index in [0.29, 0.717) is 0 Å². The number of aliphatic imine (C=N–C) groups is 2. The summed E-state index contributed by atoms with van der Waals surface area (Å²) in [5.74, 6) is 3.49. The van der Waals surface area contributed by atoms with Crippen LogP contribution in [0.2, 0.25) is 0 Å². The Balaban J connectivity index is 1.58. The highest BCUT2D eigenvalue weighted by molar-refractivity contribution is 6.25. The molecular formula is C38H40N12. The molecule has 2 aliphatic rings. The fraction of sp³-hybridized carbons (Fsp3) is 0.211.